The Balaban J connectivity index is 1.44. The summed E-state index contributed by atoms with van der Waals surface area (Å²) in [6, 6.07) is 25.5. The van der Waals surface area contributed by atoms with Gasteiger partial charge in [0.25, 0.3) is 0 Å². The molecule has 1 aliphatic rings. The number of rotatable bonds is 5. The van der Waals surface area contributed by atoms with Gasteiger partial charge >= 0.3 is 0 Å². The Morgan fingerprint density at radius 2 is 1.66 bits per heavy atom. The molecule has 2 heterocycles. The number of nitrogens with two attached hydrogens (primary N) is 1. The number of hydrogen-bond acceptors (Lipinski definition) is 5. The molecular weight excluding hydrogens is 396 g/mol. The lowest BCUT2D eigenvalue weighted by Crippen LogP contribution is -2.33. The monoisotopic (exact) mass is 422 g/mol. The summed E-state index contributed by atoms with van der Waals surface area (Å²) in [6.45, 7) is 0. The second-order valence-corrected chi connectivity index (χ2v) is 8.38. The molecule has 160 valence electrons. The normalized spacial score (nSPS) is 18.2. The van der Waals surface area contributed by atoms with E-state index in [-0.39, 0.29) is 6.04 Å². The molecule has 0 spiro atoms. The number of hydrogen-bond donors (Lipinski definition) is 3. The highest BCUT2D eigenvalue weighted by molar-refractivity contribution is 5.79. The summed E-state index contributed by atoms with van der Waals surface area (Å²) in [6.07, 6.45) is 5.77. The number of fused-ring (bicyclic) bond motifs is 1. The molecule has 0 radical (unpaired) electrons. The fraction of sp³-hybridized carbons (Fsp3) is 0.231. The van der Waals surface area contributed by atoms with Gasteiger partial charge in [-0.25, -0.2) is 4.52 Å². The number of pyridine rings is 1. The highest BCUT2D eigenvalue weighted by atomic mass is 15.3. The van der Waals surface area contributed by atoms with Crippen LogP contribution in [0.5, 0.6) is 0 Å². The number of nitrogens with zero attached hydrogens (tertiary/aromatic N) is 3. The molecule has 4 N–H and O–H groups in total. The van der Waals surface area contributed by atoms with Gasteiger partial charge in [0.2, 0.25) is 0 Å². The van der Waals surface area contributed by atoms with E-state index >= 15 is 0 Å². The smallest absolute Gasteiger partial charge is 0.134 e. The molecule has 2 aromatic heterocycles. The average Bonchev–Trinajstić information content (AvgIpc) is 3.32. The van der Waals surface area contributed by atoms with Crippen LogP contribution in [-0.4, -0.2) is 21.7 Å². The first kappa shape index (κ1) is 20.1. The Kier molecular flexibility index (Phi) is 5.49. The first-order valence-corrected chi connectivity index (χ1v) is 11.1. The maximum absolute atomic E-state index is 9.85. The van der Waals surface area contributed by atoms with Crippen molar-refractivity contribution in [3.63, 3.8) is 0 Å². The average molecular weight is 423 g/mol. The predicted octanol–water partition coefficient (Wildman–Crippen LogP) is 5.30. The fourth-order valence-corrected chi connectivity index (χ4v) is 4.42. The van der Waals surface area contributed by atoms with Gasteiger partial charge in [0, 0.05) is 23.8 Å². The van der Waals surface area contributed by atoms with E-state index < -0.39 is 0 Å². The van der Waals surface area contributed by atoms with Crippen molar-refractivity contribution in [2.45, 2.75) is 37.8 Å². The fourth-order valence-electron chi connectivity index (χ4n) is 4.42. The van der Waals surface area contributed by atoms with E-state index in [1.165, 1.54) is 5.56 Å². The molecule has 6 heteroatoms. The Hall–Kier alpha value is -3.82. The highest BCUT2D eigenvalue weighted by Gasteiger charge is 2.21. The quantitative estimate of drug-likeness (QED) is 0.406. The van der Waals surface area contributed by atoms with Gasteiger partial charge in [-0.2, -0.15) is 10.4 Å². The van der Waals surface area contributed by atoms with Crippen LogP contribution in [-0.2, 0) is 0 Å². The van der Waals surface area contributed by atoms with Gasteiger partial charge in [-0.15, -0.1) is 0 Å². The van der Waals surface area contributed by atoms with Crippen LogP contribution in [0.15, 0.2) is 72.9 Å². The molecule has 5 rings (SSSR count). The standard InChI is InChI=1S/C26H26N6/c27-17-23-24(30-21-12-8-20(28)9-13-21)16-26(32-25(23)14-15-29-32)31-22-10-6-19(7-11-22)18-4-2-1-3-5-18/h1-7,10-11,14-16,20-21,30-31H,8-9,12-13,28H2/t20-,21-. The van der Waals surface area contributed by atoms with Gasteiger partial charge < -0.3 is 16.4 Å². The van der Waals surface area contributed by atoms with Gasteiger partial charge in [-0.05, 0) is 55.0 Å². The molecule has 0 saturated heterocycles. The van der Waals surface area contributed by atoms with Crippen molar-refractivity contribution in [1.82, 2.24) is 9.61 Å². The zero-order chi connectivity index (χ0) is 21.9. The lowest BCUT2D eigenvalue weighted by molar-refractivity contribution is 0.411. The minimum atomic E-state index is 0.289. The van der Waals surface area contributed by atoms with Crippen LogP contribution in [0.1, 0.15) is 31.2 Å². The van der Waals surface area contributed by atoms with Crippen LogP contribution in [0.4, 0.5) is 17.2 Å². The summed E-state index contributed by atoms with van der Waals surface area (Å²) in [7, 11) is 0. The first-order valence-electron chi connectivity index (χ1n) is 11.1. The van der Waals surface area contributed by atoms with Crippen molar-refractivity contribution < 1.29 is 0 Å². The molecule has 1 aliphatic carbocycles. The third-order valence-corrected chi connectivity index (χ3v) is 6.19. The van der Waals surface area contributed by atoms with Gasteiger partial charge in [-0.3, -0.25) is 0 Å². The van der Waals surface area contributed by atoms with Crippen molar-refractivity contribution in [2.75, 3.05) is 10.6 Å². The zero-order valence-electron chi connectivity index (χ0n) is 17.8. The van der Waals surface area contributed by atoms with Gasteiger partial charge in [0.05, 0.1) is 17.4 Å². The van der Waals surface area contributed by atoms with Gasteiger partial charge in [0.1, 0.15) is 17.5 Å². The van der Waals surface area contributed by atoms with Crippen LogP contribution >= 0.6 is 0 Å². The summed E-state index contributed by atoms with van der Waals surface area (Å²) < 4.78 is 1.78. The second-order valence-electron chi connectivity index (χ2n) is 8.38. The largest absolute Gasteiger partial charge is 0.381 e. The third kappa shape index (κ3) is 4.03. The van der Waals surface area contributed by atoms with Crippen molar-refractivity contribution in [1.29, 1.82) is 5.26 Å². The molecule has 0 aliphatic heterocycles. The number of nitrogens with one attached hydrogen (secondary N) is 2. The van der Waals surface area contributed by atoms with Crippen molar-refractivity contribution >= 4 is 22.7 Å². The van der Waals surface area contributed by atoms with Crippen LogP contribution in [0, 0.1) is 11.3 Å². The van der Waals surface area contributed by atoms with Crippen molar-refractivity contribution in [3.05, 3.63) is 78.5 Å². The van der Waals surface area contributed by atoms with E-state index in [4.69, 9.17) is 5.73 Å². The van der Waals surface area contributed by atoms with E-state index in [1.54, 1.807) is 10.7 Å². The minimum Gasteiger partial charge on any atom is -0.381 e. The lowest BCUT2D eigenvalue weighted by atomic mass is 9.91. The first-order chi connectivity index (χ1) is 15.7. The summed E-state index contributed by atoms with van der Waals surface area (Å²) in [5.74, 6) is 0.812. The summed E-state index contributed by atoms with van der Waals surface area (Å²) in [4.78, 5) is 0. The van der Waals surface area contributed by atoms with E-state index in [0.29, 0.717) is 11.6 Å². The van der Waals surface area contributed by atoms with E-state index in [2.05, 4.69) is 58.2 Å². The number of nitriles is 1. The maximum Gasteiger partial charge on any atom is 0.134 e. The Morgan fingerprint density at radius 1 is 0.938 bits per heavy atom. The molecule has 4 aromatic rings. The van der Waals surface area contributed by atoms with Crippen LogP contribution < -0.4 is 16.4 Å². The van der Waals surface area contributed by atoms with E-state index in [9.17, 15) is 5.26 Å². The van der Waals surface area contributed by atoms with Gasteiger partial charge in [-0.1, -0.05) is 42.5 Å². The van der Waals surface area contributed by atoms with Crippen molar-refractivity contribution in [2.24, 2.45) is 5.73 Å². The molecule has 1 saturated carbocycles. The minimum absolute atomic E-state index is 0.289. The SMILES string of the molecule is N#Cc1c(N[C@H]2CC[C@H](N)CC2)cc(Nc2ccc(-c3ccccc3)cc2)n2nccc12. The Labute approximate surface area is 187 Å². The molecule has 0 bridgehead atoms. The lowest BCUT2D eigenvalue weighted by Gasteiger charge is -2.28. The van der Waals surface area contributed by atoms with Crippen LogP contribution in [0.25, 0.3) is 16.6 Å². The number of anilines is 3. The molecule has 0 atom stereocenters. The molecule has 0 unspecified atom stereocenters. The highest BCUT2D eigenvalue weighted by Crippen LogP contribution is 2.31. The molecule has 0 amide bonds. The molecule has 1 fully saturated rings. The Morgan fingerprint density at radius 3 is 2.38 bits per heavy atom. The summed E-state index contributed by atoms with van der Waals surface area (Å²) in [5.41, 5.74) is 11.6. The summed E-state index contributed by atoms with van der Waals surface area (Å²) >= 11 is 0. The summed E-state index contributed by atoms with van der Waals surface area (Å²) in [5, 5.41) is 21.4. The van der Waals surface area contributed by atoms with Crippen LogP contribution in [0.3, 0.4) is 0 Å². The van der Waals surface area contributed by atoms with Crippen molar-refractivity contribution in [3.8, 4) is 17.2 Å². The van der Waals surface area contributed by atoms with E-state index in [1.807, 2.05) is 30.3 Å². The molecular formula is C26H26N6. The molecule has 32 heavy (non-hydrogen) atoms. The predicted molar refractivity (Wildman–Crippen MR) is 129 cm³/mol. The maximum atomic E-state index is 9.85. The Bertz CT molecular complexity index is 1250. The van der Waals surface area contributed by atoms with Crippen LogP contribution in [0.2, 0.25) is 0 Å². The second kappa shape index (κ2) is 8.74. The number of benzene rings is 2. The molecule has 6 nitrogen and oxygen atoms in total. The third-order valence-electron chi connectivity index (χ3n) is 6.19. The topological polar surface area (TPSA) is 91.2 Å². The molecule has 2 aromatic carbocycles. The zero-order valence-corrected chi connectivity index (χ0v) is 17.8. The number of aromatic nitrogens is 2. The van der Waals surface area contributed by atoms with Gasteiger partial charge in [0.15, 0.2) is 0 Å². The van der Waals surface area contributed by atoms with E-state index in [0.717, 1.165) is 54.0 Å².